The molecule has 2 rings (SSSR count). The third kappa shape index (κ3) is 3.81. The van der Waals surface area contributed by atoms with Crippen molar-refractivity contribution in [2.75, 3.05) is 5.32 Å². The predicted molar refractivity (Wildman–Crippen MR) is 74.1 cm³/mol. The lowest BCUT2D eigenvalue weighted by Crippen LogP contribution is -2.13. The molecule has 23 heavy (non-hydrogen) atoms. The molecule has 0 atom stereocenters. The van der Waals surface area contributed by atoms with E-state index in [1.165, 1.54) is 0 Å². The highest BCUT2D eigenvalue weighted by Crippen LogP contribution is 2.23. The van der Waals surface area contributed by atoms with Crippen LogP contribution in [0, 0.1) is 31.9 Å². The molecule has 0 aliphatic rings. The average molecular weight is 323 g/mol. The number of amides is 1. The van der Waals surface area contributed by atoms with Crippen molar-refractivity contribution in [3.05, 3.63) is 73.8 Å². The number of rotatable bonds is 4. The summed E-state index contributed by atoms with van der Waals surface area (Å²) in [7, 11) is 0. The molecule has 0 saturated heterocycles. The minimum absolute atomic E-state index is 0.235. The van der Waals surface area contributed by atoms with Gasteiger partial charge in [0.25, 0.3) is 17.3 Å². The zero-order chi connectivity index (χ0) is 17.1. The molecule has 2 aromatic carbocycles. The van der Waals surface area contributed by atoms with Crippen molar-refractivity contribution in [2.45, 2.75) is 0 Å². The second-order valence-corrected chi connectivity index (χ2v) is 4.36. The Hall–Kier alpha value is -3.43. The van der Waals surface area contributed by atoms with Crippen LogP contribution in [0.5, 0.6) is 0 Å². The molecule has 1 N–H and O–H groups in total. The zero-order valence-electron chi connectivity index (χ0n) is 11.2. The molecule has 0 heterocycles. The Labute approximate surface area is 126 Å². The summed E-state index contributed by atoms with van der Waals surface area (Å²) in [6.07, 6.45) is 0. The molecular weight excluding hydrogens is 316 g/mol. The highest BCUT2D eigenvalue weighted by Gasteiger charge is 2.20. The smallest absolute Gasteiger partial charge is 0.277 e. The lowest BCUT2D eigenvalue weighted by molar-refractivity contribution is -0.394. The van der Waals surface area contributed by atoms with Crippen LogP contribution in [0.1, 0.15) is 10.4 Å². The minimum Gasteiger partial charge on any atom is -0.322 e. The van der Waals surface area contributed by atoms with E-state index in [-0.39, 0.29) is 5.69 Å². The van der Waals surface area contributed by atoms with E-state index in [4.69, 9.17) is 0 Å². The Morgan fingerprint density at radius 1 is 0.870 bits per heavy atom. The molecule has 0 unspecified atom stereocenters. The van der Waals surface area contributed by atoms with Crippen molar-refractivity contribution in [2.24, 2.45) is 0 Å². The quantitative estimate of drug-likeness (QED) is 0.686. The van der Waals surface area contributed by atoms with Gasteiger partial charge in [-0.25, -0.2) is 8.78 Å². The van der Waals surface area contributed by atoms with Crippen LogP contribution in [0.2, 0.25) is 0 Å². The molecule has 0 bridgehead atoms. The van der Waals surface area contributed by atoms with Gasteiger partial charge >= 0.3 is 0 Å². The monoisotopic (exact) mass is 323 g/mol. The second-order valence-electron chi connectivity index (χ2n) is 4.36. The Bertz CT molecular complexity index is 773. The van der Waals surface area contributed by atoms with E-state index in [9.17, 15) is 33.8 Å². The first-order valence-corrected chi connectivity index (χ1v) is 5.97. The number of nitro groups is 2. The molecule has 0 aliphatic heterocycles. The van der Waals surface area contributed by atoms with Crippen LogP contribution in [-0.2, 0) is 0 Å². The topological polar surface area (TPSA) is 115 Å². The van der Waals surface area contributed by atoms with Gasteiger partial charge in [0, 0.05) is 23.9 Å². The number of non-ortho nitro benzene ring substituents is 2. The van der Waals surface area contributed by atoms with Crippen molar-refractivity contribution < 1.29 is 23.4 Å². The molecule has 0 saturated carbocycles. The fraction of sp³-hybridized carbons (Fsp3) is 0. The third-order valence-corrected chi connectivity index (χ3v) is 2.71. The lowest BCUT2D eigenvalue weighted by Gasteiger charge is -2.06. The van der Waals surface area contributed by atoms with Gasteiger partial charge in [-0.1, -0.05) is 0 Å². The number of nitrogens with one attached hydrogen (secondary N) is 1. The third-order valence-electron chi connectivity index (χ3n) is 2.71. The number of halogens is 2. The van der Waals surface area contributed by atoms with Crippen LogP contribution in [0.15, 0.2) is 36.4 Å². The number of hydrogen-bond acceptors (Lipinski definition) is 5. The maximum atomic E-state index is 13.1. The Morgan fingerprint density at radius 3 is 1.78 bits per heavy atom. The zero-order valence-corrected chi connectivity index (χ0v) is 11.2. The minimum atomic E-state index is -0.984. The summed E-state index contributed by atoms with van der Waals surface area (Å²) in [5.41, 5.74) is -1.94. The summed E-state index contributed by atoms with van der Waals surface area (Å²) in [4.78, 5) is 31.7. The van der Waals surface area contributed by atoms with Crippen molar-refractivity contribution in [3.8, 4) is 0 Å². The first-order chi connectivity index (χ1) is 10.8. The van der Waals surface area contributed by atoms with E-state index in [1.54, 1.807) is 0 Å². The summed E-state index contributed by atoms with van der Waals surface area (Å²) >= 11 is 0. The van der Waals surface area contributed by atoms with Crippen molar-refractivity contribution >= 4 is 23.0 Å². The number of nitrogens with zero attached hydrogens (tertiary/aromatic N) is 2. The van der Waals surface area contributed by atoms with Crippen LogP contribution in [-0.4, -0.2) is 15.8 Å². The molecule has 0 aromatic heterocycles. The van der Waals surface area contributed by atoms with Gasteiger partial charge < -0.3 is 5.32 Å². The maximum absolute atomic E-state index is 13.1. The number of hydrogen-bond donors (Lipinski definition) is 1. The van der Waals surface area contributed by atoms with Crippen molar-refractivity contribution in [1.29, 1.82) is 0 Å². The summed E-state index contributed by atoms with van der Waals surface area (Å²) in [5, 5.41) is 23.6. The van der Waals surface area contributed by atoms with Crippen LogP contribution in [0.3, 0.4) is 0 Å². The number of carbonyl (C=O) groups is 1. The lowest BCUT2D eigenvalue weighted by atomic mass is 10.1. The standard InChI is InChI=1S/C13H7F2N3O5/c14-8-3-9(15)5-10(4-8)16-13(19)7-1-11(17(20)21)6-12(2-7)18(22)23/h1-6H,(H,16,19). The van der Waals surface area contributed by atoms with Gasteiger partial charge in [0.15, 0.2) is 0 Å². The van der Waals surface area contributed by atoms with Crippen molar-refractivity contribution in [3.63, 3.8) is 0 Å². The molecule has 8 nitrogen and oxygen atoms in total. The predicted octanol–water partition coefficient (Wildman–Crippen LogP) is 3.03. The SMILES string of the molecule is O=C(Nc1cc(F)cc(F)c1)c1cc([N+](=O)[O-])cc([N+](=O)[O-])c1. The second kappa shape index (κ2) is 6.13. The van der Waals surface area contributed by atoms with Gasteiger partial charge in [-0.2, -0.15) is 0 Å². The highest BCUT2D eigenvalue weighted by atomic mass is 19.1. The first kappa shape index (κ1) is 15.9. The molecule has 0 spiro atoms. The van der Waals surface area contributed by atoms with Crippen LogP contribution < -0.4 is 5.32 Å². The Kier molecular flexibility index (Phi) is 4.25. The molecule has 0 radical (unpaired) electrons. The molecule has 118 valence electrons. The average Bonchev–Trinajstić information content (AvgIpc) is 2.45. The fourth-order valence-electron chi connectivity index (χ4n) is 1.77. The summed E-state index contributed by atoms with van der Waals surface area (Å²) in [6, 6.07) is 4.57. The summed E-state index contributed by atoms with van der Waals surface area (Å²) in [6.45, 7) is 0. The van der Waals surface area contributed by atoms with Gasteiger partial charge in [-0.05, 0) is 12.1 Å². The Morgan fingerprint density at radius 2 is 1.35 bits per heavy atom. The fourth-order valence-corrected chi connectivity index (χ4v) is 1.77. The summed E-state index contributed by atoms with van der Waals surface area (Å²) in [5.74, 6) is -2.86. The molecule has 0 fully saturated rings. The highest BCUT2D eigenvalue weighted by molar-refractivity contribution is 6.05. The molecule has 2 aromatic rings. The van der Waals surface area contributed by atoms with E-state index < -0.39 is 44.3 Å². The van der Waals surface area contributed by atoms with Gasteiger partial charge in [-0.3, -0.25) is 25.0 Å². The Balaban J connectivity index is 2.38. The molecule has 0 aliphatic carbocycles. The number of carbonyl (C=O) groups excluding carboxylic acids is 1. The largest absolute Gasteiger partial charge is 0.322 e. The van der Waals surface area contributed by atoms with Gasteiger partial charge in [-0.15, -0.1) is 0 Å². The van der Waals surface area contributed by atoms with Gasteiger partial charge in [0.2, 0.25) is 0 Å². The van der Waals surface area contributed by atoms with E-state index in [2.05, 4.69) is 5.32 Å². The van der Waals surface area contributed by atoms with Crippen molar-refractivity contribution in [1.82, 2.24) is 0 Å². The van der Waals surface area contributed by atoms with E-state index in [0.717, 1.165) is 24.3 Å². The van der Waals surface area contributed by atoms with E-state index in [1.807, 2.05) is 0 Å². The van der Waals surface area contributed by atoms with E-state index >= 15 is 0 Å². The van der Waals surface area contributed by atoms with Gasteiger partial charge in [0.1, 0.15) is 11.6 Å². The number of anilines is 1. The van der Waals surface area contributed by atoms with Gasteiger partial charge in [0.05, 0.1) is 21.5 Å². The van der Waals surface area contributed by atoms with Crippen LogP contribution >= 0.6 is 0 Å². The first-order valence-electron chi connectivity index (χ1n) is 5.97. The van der Waals surface area contributed by atoms with Crippen LogP contribution in [0.4, 0.5) is 25.8 Å². The number of benzene rings is 2. The normalized spacial score (nSPS) is 10.2. The van der Waals surface area contributed by atoms with Crippen LogP contribution in [0.25, 0.3) is 0 Å². The number of nitro benzene ring substituents is 2. The molecule has 10 heteroatoms. The van der Waals surface area contributed by atoms with E-state index in [0.29, 0.717) is 12.1 Å². The molecule has 1 amide bonds. The molecular formula is C13H7F2N3O5. The maximum Gasteiger partial charge on any atom is 0.277 e. The summed E-state index contributed by atoms with van der Waals surface area (Å²) < 4.78 is 26.1.